The van der Waals surface area contributed by atoms with Gasteiger partial charge in [-0.3, -0.25) is 4.79 Å². The highest BCUT2D eigenvalue weighted by Gasteiger charge is 2.21. The van der Waals surface area contributed by atoms with Crippen molar-refractivity contribution in [3.05, 3.63) is 42.5 Å². The van der Waals surface area contributed by atoms with Gasteiger partial charge in [0.15, 0.2) is 0 Å². The van der Waals surface area contributed by atoms with Gasteiger partial charge in [0.05, 0.1) is 11.7 Å². The molecule has 21 heavy (non-hydrogen) atoms. The van der Waals surface area contributed by atoms with Gasteiger partial charge in [0.2, 0.25) is 5.91 Å². The maximum atomic E-state index is 11.9. The zero-order valence-electron chi connectivity index (χ0n) is 11.5. The van der Waals surface area contributed by atoms with E-state index in [2.05, 4.69) is 20.7 Å². The molecule has 1 atom stereocenters. The summed E-state index contributed by atoms with van der Waals surface area (Å²) in [6, 6.07) is 7.87. The van der Waals surface area contributed by atoms with Crippen molar-refractivity contribution < 1.29 is 4.79 Å². The van der Waals surface area contributed by atoms with Crippen LogP contribution in [-0.4, -0.2) is 33.3 Å². The van der Waals surface area contributed by atoms with Crippen molar-refractivity contribution in [3.63, 3.8) is 0 Å². The molecule has 1 aromatic heterocycles. The van der Waals surface area contributed by atoms with Gasteiger partial charge in [-0.2, -0.15) is 5.10 Å². The minimum Gasteiger partial charge on any atom is -0.351 e. The van der Waals surface area contributed by atoms with Crippen LogP contribution in [0.25, 0.3) is 5.69 Å². The van der Waals surface area contributed by atoms with E-state index in [0.29, 0.717) is 6.54 Å². The van der Waals surface area contributed by atoms with E-state index in [0.717, 1.165) is 30.6 Å². The lowest BCUT2D eigenvalue weighted by atomic mass is 10.2. The van der Waals surface area contributed by atoms with Gasteiger partial charge in [-0.05, 0) is 37.1 Å². The molecule has 0 aliphatic carbocycles. The lowest BCUT2D eigenvalue weighted by Crippen LogP contribution is -2.39. The molecule has 2 N–H and O–H groups in total. The number of carbonyl (C=O) groups excluding carboxylic acids is 1. The van der Waals surface area contributed by atoms with Crippen LogP contribution in [0.15, 0.2) is 36.9 Å². The Balaban J connectivity index is 0.00000161. The first kappa shape index (κ1) is 15.5. The van der Waals surface area contributed by atoms with Crippen LogP contribution in [-0.2, 0) is 11.3 Å². The highest BCUT2D eigenvalue weighted by Crippen LogP contribution is 2.09. The van der Waals surface area contributed by atoms with E-state index in [-0.39, 0.29) is 24.4 Å². The molecule has 7 heteroatoms. The van der Waals surface area contributed by atoms with E-state index in [4.69, 9.17) is 0 Å². The van der Waals surface area contributed by atoms with Crippen LogP contribution in [0.4, 0.5) is 0 Å². The van der Waals surface area contributed by atoms with E-state index >= 15 is 0 Å². The molecule has 0 bridgehead atoms. The van der Waals surface area contributed by atoms with Crippen LogP contribution >= 0.6 is 12.4 Å². The first-order valence-corrected chi connectivity index (χ1v) is 6.78. The quantitative estimate of drug-likeness (QED) is 0.886. The highest BCUT2D eigenvalue weighted by molar-refractivity contribution is 5.85. The fourth-order valence-corrected chi connectivity index (χ4v) is 2.33. The molecule has 1 fully saturated rings. The number of nitrogens with zero attached hydrogens (tertiary/aromatic N) is 3. The second-order valence-corrected chi connectivity index (χ2v) is 4.87. The number of rotatable bonds is 4. The fraction of sp³-hybridized carbons (Fsp3) is 0.357. The third-order valence-corrected chi connectivity index (χ3v) is 3.46. The molecule has 2 aromatic rings. The summed E-state index contributed by atoms with van der Waals surface area (Å²) in [7, 11) is 0. The minimum atomic E-state index is -0.0237. The molecule has 1 aromatic carbocycles. The number of hydrogen-bond acceptors (Lipinski definition) is 4. The standard InChI is InChI=1S/C14H17N5O.ClH/c20-14(13-2-1-7-16-13)17-8-11-3-5-12(6-4-11)19-10-15-9-18-19;/h3-6,9-10,13,16H,1-2,7-8H2,(H,17,20);1H. The number of amides is 1. The molecule has 0 saturated carbocycles. The van der Waals surface area contributed by atoms with E-state index in [1.165, 1.54) is 6.33 Å². The Hall–Kier alpha value is -1.92. The molecule has 3 rings (SSSR count). The van der Waals surface area contributed by atoms with Crippen LogP contribution in [0, 0.1) is 0 Å². The largest absolute Gasteiger partial charge is 0.351 e. The lowest BCUT2D eigenvalue weighted by molar-refractivity contribution is -0.122. The maximum Gasteiger partial charge on any atom is 0.237 e. The van der Waals surface area contributed by atoms with Crippen LogP contribution in [0.2, 0.25) is 0 Å². The summed E-state index contributed by atoms with van der Waals surface area (Å²) in [5, 5.41) is 10.2. The first-order valence-electron chi connectivity index (χ1n) is 6.78. The smallest absolute Gasteiger partial charge is 0.237 e. The number of hydrogen-bond donors (Lipinski definition) is 2. The molecule has 1 aliphatic rings. The molecule has 0 radical (unpaired) electrons. The van der Waals surface area contributed by atoms with Gasteiger partial charge in [0.25, 0.3) is 0 Å². The predicted molar refractivity (Wildman–Crippen MR) is 81.5 cm³/mol. The van der Waals surface area contributed by atoms with E-state index < -0.39 is 0 Å². The van der Waals surface area contributed by atoms with Gasteiger partial charge in [-0.25, -0.2) is 9.67 Å². The zero-order valence-corrected chi connectivity index (χ0v) is 12.3. The average molecular weight is 308 g/mol. The van der Waals surface area contributed by atoms with Crippen molar-refractivity contribution >= 4 is 18.3 Å². The van der Waals surface area contributed by atoms with Crippen LogP contribution in [0.3, 0.4) is 0 Å². The Labute approximate surface area is 129 Å². The fourth-order valence-electron chi connectivity index (χ4n) is 2.33. The molecule has 1 amide bonds. The summed E-state index contributed by atoms with van der Waals surface area (Å²) in [6.07, 6.45) is 5.16. The number of carbonyl (C=O) groups is 1. The van der Waals surface area contributed by atoms with Gasteiger partial charge >= 0.3 is 0 Å². The van der Waals surface area contributed by atoms with E-state index in [1.807, 2.05) is 24.3 Å². The van der Waals surface area contributed by atoms with Gasteiger partial charge in [0, 0.05) is 6.54 Å². The molecule has 6 nitrogen and oxygen atoms in total. The number of nitrogens with one attached hydrogen (secondary N) is 2. The lowest BCUT2D eigenvalue weighted by Gasteiger charge is -2.11. The van der Waals surface area contributed by atoms with Gasteiger partial charge in [0.1, 0.15) is 12.7 Å². The predicted octanol–water partition coefficient (Wildman–Crippen LogP) is 1.06. The first-order chi connectivity index (χ1) is 9.83. The van der Waals surface area contributed by atoms with Gasteiger partial charge in [-0.1, -0.05) is 12.1 Å². The Kier molecular flexibility index (Phi) is 5.30. The van der Waals surface area contributed by atoms with Crippen molar-refractivity contribution in [1.82, 2.24) is 25.4 Å². The normalized spacial score (nSPS) is 17.2. The number of halogens is 1. The number of benzene rings is 1. The minimum absolute atomic E-state index is 0. The zero-order chi connectivity index (χ0) is 13.8. The van der Waals surface area contributed by atoms with Crippen molar-refractivity contribution in [2.75, 3.05) is 6.54 Å². The second-order valence-electron chi connectivity index (χ2n) is 4.87. The summed E-state index contributed by atoms with van der Waals surface area (Å²) >= 11 is 0. The second kappa shape index (κ2) is 7.19. The molecular weight excluding hydrogens is 290 g/mol. The van der Waals surface area contributed by atoms with Crippen LogP contribution in [0.1, 0.15) is 18.4 Å². The Morgan fingerprint density at radius 2 is 2.19 bits per heavy atom. The molecule has 1 aliphatic heterocycles. The van der Waals surface area contributed by atoms with Crippen molar-refractivity contribution in [2.45, 2.75) is 25.4 Å². The molecular formula is C14H18ClN5O. The Bertz CT molecular complexity index is 564. The maximum absolute atomic E-state index is 11.9. The summed E-state index contributed by atoms with van der Waals surface area (Å²) in [5.41, 5.74) is 2.02. The average Bonchev–Trinajstić information content (AvgIpc) is 3.18. The number of aromatic nitrogens is 3. The molecule has 0 spiro atoms. The Morgan fingerprint density at radius 3 is 2.81 bits per heavy atom. The summed E-state index contributed by atoms with van der Waals surface area (Å²) < 4.78 is 1.70. The van der Waals surface area contributed by atoms with Gasteiger partial charge < -0.3 is 10.6 Å². The van der Waals surface area contributed by atoms with Crippen molar-refractivity contribution in [1.29, 1.82) is 0 Å². The summed E-state index contributed by atoms with van der Waals surface area (Å²) in [6.45, 7) is 1.49. The summed E-state index contributed by atoms with van der Waals surface area (Å²) in [5.74, 6) is 0.0860. The monoisotopic (exact) mass is 307 g/mol. The molecule has 1 unspecified atom stereocenters. The molecule has 2 heterocycles. The van der Waals surface area contributed by atoms with Crippen molar-refractivity contribution in [2.24, 2.45) is 0 Å². The highest BCUT2D eigenvalue weighted by atomic mass is 35.5. The van der Waals surface area contributed by atoms with Crippen LogP contribution in [0.5, 0.6) is 0 Å². The van der Waals surface area contributed by atoms with E-state index in [9.17, 15) is 4.79 Å². The van der Waals surface area contributed by atoms with E-state index in [1.54, 1.807) is 11.0 Å². The van der Waals surface area contributed by atoms with Gasteiger partial charge in [-0.15, -0.1) is 12.4 Å². The van der Waals surface area contributed by atoms with Crippen molar-refractivity contribution in [3.8, 4) is 5.69 Å². The molecule has 1 saturated heterocycles. The summed E-state index contributed by atoms with van der Waals surface area (Å²) in [4.78, 5) is 15.8. The van der Waals surface area contributed by atoms with Crippen LogP contribution < -0.4 is 10.6 Å². The third kappa shape index (κ3) is 3.80. The molecule has 112 valence electrons. The topological polar surface area (TPSA) is 71.8 Å². The Morgan fingerprint density at radius 1 is 1.38 bits per heavy atom. The third-order valence-electron chi connectivity index (χ3n) is 3.46. The SMILES string of the molecule is Cl.O=C(NCc1ccc(-n2cncn2)cc1)C1CCCN1.